The minimum atomic E-state index is -0.749. The molecule has 0 fully saturated rings. The summed E-state index contributed by atoms with van der Waals surface area (Å²) >= 11 is 0. The zero-order valence-corrected chi connectivity index (χ0v) is 11.7. The highest BCUT2D eigenvalue weighted by molar-refractivity contribution is 5.97. The lowest BCUT2D eigenvalue weighted by Gasteiger charge is -2.14. The number of nitrogens with one attached hydrogen (secondary N) is 1. The number of aryl methyl sites for hydroxylation is 1. The summed E-state index contributed by atoms with van der Waals surface area (Å²) in [6.07, 6.45) is 0. The van der Waals surface area contributed by atoms with Crippen LogP contribution in [-0.2, 0) is 4.79 Å². The Morgan fingerprint density at radius 3 is 2.33 bits per heavy atom. The highest BCUT2D eigenvalue weighted by Crippen LogP contribution is 2.18. The fraction of sp³-hybridized carbons (Fsp3) is 0.125. The van der Waals surface area contributed by atoms with Gasteiger partial charge >= 0.3 is 0 Å². The van der Waals surface area contributed by atoms with Gasteiger partial charge in [-0.15, -0.1) is 0 Å². The molecular formula is C16H17N3O2. The van der Waals surface area contributed by atoms with Crippen molar-refractivity contribution < 1.29 is 9.59 Å². The van der Waals surface area contributed by atoms with Gasteiger partial charge in [0.1, 0.15) is 6.04 Å². The van der Waals surface area contributed by atoms with Crippen LogP contribution < -0.4 is 16.8 Å². The smallest absolute Gasteiger partial charge is 0.248 e. The van der Waals surface area contributed by atoms with Gasteiger partial charge in [0.2, 0.25) is 11.8 Å². The Hall–Kier alpha value is -2.66. The Morgan fingerprint density at radius 1 is 1.10 bits per heavy atom. The van der Waals surface area contributed by atoms with Crippen molar-refractivity contribution in [2.24, 2.45) is 11.5 Å². The van der Waals surface area contributed by atoms with Gasteiger partial charge in [0, 0.05) is 11.3 Å². The zero-order valence-electron chi connectivity index (χ0n) is 11.7. The van der Waals surface area contributed by atoms with E-state index in [0.717, 1.165) is 11.1 Å². The van der Waals surface area contributed by atoms with E-state index in [-0.39, 0.29) is 5.91 Å². The summed E-state index contributed by atoms with van der Waals surface area (Å²) in [4.78, 5) is 23.3. The first kappa shape index (κ1) is 14.7. The molecular weight excluding hydrogens is 266 g/mol. The topological polar surface area (TPSA) is 98.2 Å². The van der Waals surface area contributed by atoms with Crippen LogP contribution in [-0.4, -0.2) is 11.8 Å². The second-order valence-electron chi connectivity index (χ2n) is 4.77. The van der Waals surface area contributed by atoms with E-state index >= 15 is 0 Å². The Bertz CT molecular complexity index is 668. The van der Waals surface area contributed by atoms with Crippen molar-refractivity contribution >= 4 is 17.5 Å². The quantitative estimate of drug-likeness (QED) is 0.797. The molecule has 0 saturated heterocycles. The largest absolute Gasteiger partial charge is 0.366 e. The van der Waals surface area contributed by atoms with Crippen molar-refractivity contribution in [3.8, 4) is 0 Å². The van der Waals surface area contributed by atoms with E-state index < -0.39 is 11.9 Å². The second kappa shape index (κ2) is 6.19. The predicted octanol–water partition coefficient (Wildman–Crippen LogP) is 1.73. The normalized spacial score (nSPS) is 11.7. The van der Waals surface area contributed by atoms with E-state index in [4.69, 9.17) is 11.5 Å². The Morgan fingerprint density at radius 2 is 1.76 bits per heavy atom. The third-order valence-corrected chi connectivity index (χ3v) is 3.21. The fourth-order valence-electron chi connectivity index (χ4n) is 1.98. The molecule has 0 heterocycles. The van der Waals surface area contributed by atoms with Gasteiger partial charge in [0.15, 0.2) is 0 Å². The van der Waals surface area contributed by atoms with Crippen molar-refractivity contribution in [1.82, 2.24) is 0 Å². The number of rotatable bonds is 4. The third-order valence-electron chi connectivity index (χ3n) is 3.21. The van der Waals surface area contributed by atoms with Crippen LogP contribution in [0.5, 0.6) is 0 Å². The number of anilines is 1. The molecule has 1 unspecified atom stereocenters. The number of hydrogen-bond acceptors (Lipinski definition) is 3. The van der Waals surface area contributed by atoms with Gasteiger partial charge in [-0.05, 0) is 36.2 Å². The number of carbonyl (C=O) groups excluding carboxylic acids is 2. The van der Waals surface area contributed by atoms with Crippen LogP contribution in [0.25, 0.3) is 0 Å². The van der Waals surface area contributed by atoms with Crippen LogP contribution in [0.2, 0.25) is 0 Å². The molecule has 2 aromatic rings. The Kier molecular flexibility index (Phi) is 4.35. The lowest BCUT2D eigenvalue weighted by Crippen LogP contribution is -2.28. The Balaban J connectivity index is 2.15. The highest BCUT2D eigenvalue weighted by atomic mass is 16.2. The van der Waals surface area contributed by atoms with Crippen molar-refractivity contribution in [1.29, 1.82) is 0 Å². The molecule has 2 aromatic carbocycles. The second-order valence-corrected chi connectivity index (χ2v) is 4.77. The lowest BCUT2D eigenvalue weighted by molar-refractivity contribution is -0.117. The molecule has 1 atom stereocenters. The number of primary amides is 1. The molecule has 0 spiro atoms. The van der Waals surface area contributed by atoms with E-state index in [9.17, 15) is 9.59 Å². The maximum Gasteiger partial charge on any atom is 0.248 e. The molecule has 0 radical (unpaired) electrons. The maximum absolute atomic E-state index is 12.2. The SMILES string of the molecule is Cc1cc(C(N)=O)ccc1NC(=O)C(N)c1ccccc1. The van der Waals surface area contributed by atoms with Crippen LogP contribution >= 0.6 is 0 Å². The minimum absolute atomic E-state index is 0.309. The van der Waals surface area contributed by atoms with Gasteiger partial charge in [-0.1, -0.05) is 30.3 Å². The summed E-state index contributed by atoms with van der Waals surface area (Å²) < 4.78 is 0. The molecule has 5 N–H and O–H groups in total. The molecule has 108 valence electrons. The molecule has 5 nitrogen and oxygen atoms in total. The van der Waals surface area contributed by atoms with E-state index in [1.54, 1.807) is 37.3 Å². The Labute approximate surface area is 123 Å². The highest BCUT2D eigenvalue weighted by Gasteiger charge is 2.16. The predicted molar refractivity (Wildman–Crippen MR) is 81.7 cm³/mol. The summed E-state index contributed by atoms with van der Waals surface area (Å²) in [7, 11) is 0. The summed E-state index contributed by atoms with van der Waals surface area (Å²) in [6.45, 7) is 1.79. The van der Waals surface area contributed by atoms with Crippen molar-refractivity contribution in [3.05, 3.63) is 65.2 Å². The van der Waals surface area contributed by atoms with Crippen LogP contribution in [0.4, 0.5) is 5.69 Å². The van der Waals surface area contributed by atoms with Crippen molar-refractivity contribution in [3.63, 3.8) is 0 Å². The zero-order chi connectivity index (χ0) is 15.4. The van der Waals surface area contributed by atoms with Gasteiger partial charge in [0.05, 0.1) is 0 Å². The molecule has 0 aromatic heterocycles. The minimum Gasteiger partial charge on any atom is -0.366 e. The molecule has 0 aliphatic rings. The average Bonchev–Trinajstić information content (AvgIpc) is 2.49. The van der Waals surface area contributed by atoms with Gasteiger partial charge < -0.3 is 16.8 Å². The van der Waals surface area contributed by atoms with E-state index in [1.165, 1.54) is 0 Å². The summed E-state index contributed by atoms with van der Waals surface area (Å²) in [5.41, 5.74) is 13.6. The molecule has 2 rings (SSSR count). The third kappa shape index (κ3) is 3.46. The van der Waals surface area contributed by atoms with E-state index in [2.05, 4.69) is 5.32 Å². The average molecular weight is 283 g/mol. The summed E-state index contributed by atoms with van der Waals surface area (Å²) in [6, 6.07) is 13.2. The first-order valence-corrected chi connectivity index (χ1v) is 6.51. The number of hydrogen-bond donors (Lipinski definition) is 3. The van der Waals surface area contributed by atoms with Gasteiger partial charge in [-0.2, -0.15) is 0 Å². The molecule has 0 saturated carbocycles. The maximum atomic E-state index is 12.2. The molecule has 2 amide bonds. The molecule has 21 heavy (non-hydrogen) atoms. The number of nitrogens with two attached hydrogens (primary N) is 2. The van der Waals surface area contributed by atoms with Crippen molar-refractivity contribution in [2.45, 2.75) is 13.0 Å². The van der Waals surface area contributed by atoms with Gasteiger partial charge in [-0.3, -0.25) is 9.59 Å². The van der Waals surface area contributed by atoms with E-state index in [1.807, 2.05) is 18.2 Å². The molecule has 0 bridgehead atoms. The fourth-order valence-corrected chi connectivity index (χ4v) is 1.98. The van der Waals surface area contributed by atoms with Gasteiger partial charge in [0.25, 0.3) is 0 Å². The standard InChI is InChI=1S/C16H17N3O2/c1-10-9-12(15(18)20)7-8-13(10)19-16(21)14(17)11-5-3-2-4-6-11/h2-9,14H,17H2,1H3,(H2,18,20)(H,19,21). The van der Waals surface area contributed by atoms with Crippen LogP contribution in [0.3, 0.4) is 0 Å². The van der Waals surface area contributed by atoms with Crippen LogP contribution in [0.1, 0.15) is 27.5 Å². The number of carbonyl (C=O) groups is 2. The summed E-state index contributed by atoms with van der Waals surface area (Å²) in [5.74, 6) is -0.812. The monoisotopic (exact) mass is 283 g/mol. The first-order valence-electron chi connectivity index (χ1n) is 6.51. The first-order chi connectivity index (χ1) is 9.99. The molecule has 0 aliphatic heterocycles. The van der Waals surface area contributed by atoms with E-state index in [0.29, 0.717) is 11.3 Å². The summed E-state index contributed by atoms with van der Waals surface area (Å²) in [5, 5.41) is 2.76. The number of amides is 2. The van der Waals surface area contributed by atoms with Crippen LogP contribution in [0, 0.1) is 6.92 Å². The lowest BCUT2D eigenvalue weighted by atomic mass is 10.1. The molecule has 5 heteroatoms. The van der Waals surface area contributed by atoms with Crippen LogP contribution in [0.15, 0.2) is 48.5 Å². The van der Waals surface area contributed by atoms with Crippen molar-refractivity contribution in [2.75, 3.05) is 5.32 Å². The number of benzene rings is 2. The molecule has 0 aliphatic carbocycles. The van der Waals surface area contributed by atoms with Gasteiger partial charge in [-0.25, -0.2) is 0 Å².